The van der Waals surface area contributed by atoms with Crippen molar-refractivity contribution in [2.75, 3.05) is 0 Å². The lowest BCUT2D eigenvalue weighted by Gasteiger charge is -2.22. The fourth-order valence-corrected chi connectivity index (χ4v) is 4.15. The molecule has 2 atom stereocenters. The lowest BCUT2D eigenvalue weighted by atomic mass is 9.77. The standard InChI is InChI=1S/C15H16ClNO.C8H11NO/c1-14(2)7-8-15(10-17,13(14)18)9-11-3-5-12(16)6-4-11;1-8(2)4-3-6(5-9)7(8)10/h3-6H,7-9H2,1-2H3;6H,3-4H2,1-2H3. The molecule has 0 aromatic heterocycles. The van der Waals surface area contributed by atoms with Gasteiger partial charge in [-0.2, -0.15) is 10.5 Å². The van der Waals surface area contributed by atoms with E-state index in [1.807, 2.05) is 45.9 Å². The summed E-state index contributed by atoms with van der Waals surface area (Å²) in [5, 5.41) is 18.6. The first-order valence-electron chi connectivity index (χ1n) is 9.62. The van der Waals surface area contributed by atoms with E-state index in [4.69, 9.17) is 16.9 Å². The summed E-state index contributed by atoms with van der Waals surface area (Å²) in [7, 11) is 0. The summed E-state index contributed by atoms with van der Waals surface area (Å²) in [5.74, 6) is -0.127. The van der Waals surface area contributed by atoms with Gasteiger partial charge in [0.05, 0.1) is 12.1 Å². The van der Waals surface area contributed by atoms with Crippen molar-refractivity contribution in [2.24, 2.45) is 22.2 Å². The number of rotatable bonds is 2. The van der Waals surface area contributed by atoms with Gasteiger partial charge >= 0.3 is 0 Å². The van der Waals surface area contributed by atoms with Crippen LogP contribution in [0.15, 0.2) is 24.3 Å². The van der Waals surface area contributed by atoms with Crippen LogP contribution in [0.1, 0.15) is 58.9 Å². The molecule has 1 aromatic rings. The smallest absolute Gasteiger partial charge is 0.158 e. The Bertz CT molecular complexity index is 843. The number of benzene rings is 1. The van der Waals surface area contributed by atoms with Gasteiger partial charge in [0, 0.05) is 15.9 Å². The summed E-state index contributed by atoms with van der Waals surface area (Å²) in [4.78, 5) is 23.6. The number of hydrogen-bond donors (Lipinski definition) is 0. The predicted octanol–water partition coefficient (Wildman–Crippen LogP) is 5.30. The normalized spacial score (nSPS) is 27.5. The van der Waals surface area contributed by atoms with Crippen molar-refractivity contribution in [1.82, 2.24) is 0 Å². The Labute approximate surface area is 172 Å². The highest BCUT2D eigenvalue weighted by atomic mass is 35.5. The van der Waals surface area contributed by atoms with Crippen LogP contribution in [0, 0.1) is 44.8 Å². The summed E-state index contributed by atoms with van der Waals surface area (Å²) in [6.45, 7) is 7.67. The largest absolute Gasteiger partial charge is 0.298 e. The third-order valence-electron chi connectivity index (χ3n) is 6.06. The Morgan fingerprint density at radius 2 is 1.61 bits per heavy atom. The molecule has 0 bridgehead atoms. The number of Topliss-reactive ketones (excluding diaryl/α,β-unsaturated/α-hetero) is 2. The molecule has 5 heteroatoms. The van der Waals surface area contributed by atoms with Crippen molar-refractivity contribution >= 4 is 23.2 Å². The molecule has 0 radical (unpaired) electrons. The molecule has 1 aromatic carbocycles. The van der Waals surface area contributed by atoms with Crippen LogP contribution in [0.2, 0.25) is 5.02 Å². The number of ketones is 2. The van der Waals surface area contributed by atoms with Crippen molar-refractivity contribution in [2.45, 2.75) is 59.8 Å². The SMILES string of the molecule is CC1(C)CCC(C#N)(Cc2ccc(Cl)cc2)C1=O.CC1(C)CCC(C#N)C1=O. The van der Waals surface area contributed by atoms with Crippen LogP contribution in [0.4, 0.5) is 0 Å². The van der Waals surface area contributed by atoms with Crippen LogP contribution in [-0.2, 0) is 16.0 Å². The molecule has 0 aliphatic heterocycles. The zero-order chi connectivity index (χ0) is 21.2. The molecular weight excluding hydrogens is 372 g/mol. The molecule has 3 rings (SSSR count). The van der Waals surface area contributed by atoms with Gasteiger partial charge in [-0.3, -0.25) is 9.59 Å². The predicted molar refractivity (Wildman–Crippen MR) is 108 cm³/mol. The van der Waals surface area contributed by atoms with Crippen LogP contribution in [0.25, 0.3) is 0 Å². The van der Waals surface area contributed by atoms with Crippen LogP contribution in [0.3, 0.4) is 0 Å². The molecule has 2 saturated carbocycles. The molecule has 0 spiro atoms. The van der Waals surface area contributed by atoms with Crippen molar-refractivity contribution in [1.29, 1.82) is 10.5 Å². The molecule has 2 aliphatic carbocycles. The molecule has 2 aliphatic rings. The summed E-state index contributed by atoms with van der Waals surface area (Å²) >= 11 is 5.84. The van der Waals surface area contributed by atoms with E-state index in [-0.39, 0.29) is 28.3 Å². The highest BCUT2D eigenvalue weighted by Gasteiger charge is 2.52. The van der Waals surface area contributed by atoms with Gasteiger partial charge < -0.3 is 0 Å². The Hall–Kier alpha value is -2.17. The van der Waals surface area contributed by atoms with Crippen molar-refractivity contribution in [3.05, 3.63) is 34.9 Å². The van der Waals surface area contributed by atoms with Crippen molar-refractivity contribution < 1.29 is 9.59 Å². The third kappa shape index (κ3) is 4.45. The van der Waals surface area contributed by atoms with Gasteiger partial charge in [0.15, 0.2) is 11.6 Å². The molecule has 4 nitrogen and oxygen atoms in total. The lowest BCUT2D eigenvalue weighted by molar-refractivity contribution is -0.130. The first-order chi connectivity index (χ1) is 13.0. The number of nitrogens with zero attached hydrogens (tertiary/aromatic N) is 2. The second-order valence-electron chi connectivity index (χ2n) is 9.18. The van der Waals surface area contributed by atoms with E-state index in [0.29, 0.717) is 17.9 Å². The minimum absolute atomic E-state index is 0.0763. The highest BCUT2D eigenvalue weighted by molar-refractivity contribution is 6.30. The average Bonchev–Trinajstić information content (AvgIpc) is 3.05. The van der Waals surface area contributed by atoms with Crippen LogP contribution in [-0.4, -0.2) is 11.6 Å². The Morgan fingerprint density at radius 3 is 1.96 bits per heavy atom. The summed E-state index contributed by atoms with van der Waals surface area (Å²) < 4.78 is 0. The quantitative estimate of drug-likeness (QED) is 0.676. The van der Waals surface area contributed by atoms with Crippen LogP contribution < -0.4 is 0 Å². The number of carbonyl (C=O) groups is 2. The van der Waals surface area contributed by atoms with Gasteiger partial charge in [-0.1, -0.05) is 51.4 Å². The monoisotopic (exact) mass is 398 g/mol. The molecule has 148 valence electrons. The van der Waals surface area contributed by atoms with Crippen LogP contribution in [0.5, 0.6) is 0 Å². The van der Waals surface area contributed by atoms with Gasteiger partial charge in [-0.15, -0.1) is 0 Å². The van der Waals surface area contributed by atoms with E-state index in [1.165, 1.54) is 0 Å². The van der Waals surface area contributed by atoms with E-state index < -0.39 is 5.41 Å². The zero-order valence-electron chi connectivity index (χ0n) is 17.0. The van der Waals surface area contributed by atoms with Gasteiger partial charge in [-0.05, 0) is 49.8 Å². The fourth-order valence-electron chi connectivity index (χ4n) is 4.02. The minimum Gasteiger partial charge on any atom is -0.298 e. The van der Waals surface area contributed by atoms with Gasteiger partial charge in [0.25, 0.3) is 0 Å². The topological polar surface area (TPSA) is 81.7 Å². The Kier molecular flexibility index (Phi) is 6.37. The van der Waals surface area contributed by atoms with E-state index in [1.54, 1.807) is 12.1 Å². The number of halogens is 1. The summed E-state index contributed by atoms with van der Waals surface area (Å²) in [5.41, 5.74) is -0.466. The van der Waals surface area contributed by atoms with E-state index >= 15 is 0 Å². The number of nitriles is 2. The molecule has 0 N–H and O–H groups in total. The lowest BCUT2D eigenvalue weighted by Crippen LogP contribution is -2.33. The number of carbonyl (C=O) groups excluding carboxylic acids is 2. The second kappa shape index (κ2) is 8.06. The van der Waals surface area contributed by atoms with Crippen molar-refractivity contribution in [3.63, 3.8) is 0 Å². The molecule has 0 heterocycles. The highest BCUT2D eigenvalue weighted by Crippen LogP contribution is 2.47. The summed E-state index contributed by atoms with van der Waals surface area (Å²) in [6, 6.07) is 11.7. The van der Waals surface area contributed by atoms with Crippen molar-refractivity contribution in [3.8, 4) is 12.1 Å². The fraction of sp³-hybridized carbons (Fsp3) is 0.565. The maximum atomic E-state index is 12.4. The van der Waals surface area contributed by atoms with Gasteiger partial charge in [-0.25, -0.2) is 0 Å². The third-order valence-corrected chi connectivity index (χ3v) is 6.31. The molecule has 2 unspecified atom stereocenters. The first kappa shape index (κ1) is 22.1. The molecule has 0 amide bonds. The average molecular weight is 399 g/mol. The number of hydrogen-bond acceptors (Lipinski definition) is 4. The van der Waals surface area contributed by atoms with Gasteiger partial charge in [0.1, 0.15) is 11.3 Å². The summed E-state index contributed by atoms with van der Waals surface area (Å²) in [6.07, 6.45) is 3.54. The maximum absolute atomic E-state index is 12.4. The van der Waals surface area contributed by atoms with E-state index in [0.717, 1.165) is 24.8 Å². The molecule has 28 heavy (non-hydrogen) atoms. The van der Waals surface area contributed by atoms with Gasteiger partial charge in [0.2, 0.25) is 0 Å². The zero-order valence-corrected chi connectivity index (χ0v) is 17.8. The molecule has 0 saturated heterocycles. The Morgan fingerprint density at radius 1 is 1.00 bits per heavy atom. The van der Waals surface area contributed by atoms with E-state index in [2.05, 4.69) is 6.07 Å². The van der Waals surface area contributed by atoms with E-state index in [9.17, 15) is 14.9 Å². The maximum Gasteiger partial charge on any atom is 0.158 e. The van der Waals surface area contributed by atoms with Crippen LogP contribution >= 0.6 is 11.6 Å². The molecular formula is C23H27ClN2O2. The first-order valence-corrected chi connectivity index (χ1v) is 10.00. The minimum atomic E-state index is -0.850. The molecule has 2 fully saturated rings. The Balaban J connectivity index is 0.000000237. The second-order valence-corrected chi connectivity index (χ2v) is 9.62.